The van der Waals surface area contributed by atoms with Crippen molar-refractivity contribution >= 4 is 23.3 Å². The number of aromatic nitrogens is 4. The number of esters is 1. The Balaban J connectivity index is 1.49. The summed E-state index contributed by atoms with van der Waals surface area (Å²) in [6, 6.07) is 18.9. The number of nitrogens with one attached hydrogen (secondary N) is 1. The van der Waals surface area contributed by atoms with Gasteiger partial charge < -0.3 is 9.47 Å². The van der Waals surface area contributed by atoms with E-state index in [9.17, 15) is 14.4 Å². The first-order chi connectivity index (χ1) is 18.9. The fraction of sp³-hybridized carbons (Fsp3) is 0.250. The molecule has 0 radical (unpaired) electrons. The zero-order chi connectivity index (χ0) is 27.4. The highest BCUT2D eigenvalue weighted by Crippen LogP contribution is 2.36. The number of rotatable bonds is 8. The second-order valence-corrected chi connectivity index (χ2v) is 9.51. The Bertz CT molecular complexity index is 1640. The fourth-order valence-electron chi connectivity index (χ4n) is 4.35. The second kappa shape index (κ2) is 11.5. The van der Waals surface area contributed by atoms with Crippen molar-refractivity contribution in [3.8, 4) is 11.6 Å². The molecule has 0 unspecified atom stereocenters. The van der Waals surface area contributed by atoms with Crippen molar-refractivity contribution in [3.05, 3.63) is 110 Å². The van der Waals surface area contributed by atoms with E-state index in [1.165, 1.54) is 4.57 Å². The van der Waals surface area contributed by atoms with Crippen molar-refractivity contribution in [2.75, 3.05) is 6.61 Å². The summed E-state index contributed by atoms with van der Waals surface area (Å²) in [6.45, 7) is 2.18. The smallest absolute Gasteiger partial charge is 0.335 e. The Labute approximate surface area is 228 Å². The molecule has 2 heterocycles. The molecule has 0 atom stereocenters. The Morgan fingerprint density at radius 3 is 2.49 bits per heavy atom. The van der Waals surface area contributed by atoms with E-state index in [4.69, 9.17) is 21.1 Å². The molecule has 5 rings (SSSR count). The maximum absolute atomic E-state index is 13.6. The summed E-state index contributed by atoms with van der Waals surface area (Å²) in [7, 11) is 0. The summed E-state index contributed by atoms with van der Waals surface area (Å²) >= 11 is 6.03. The minimum atomic E-state index is -0.589. The van der Waals surface area contributed by atoms with Crippen molar-refractivity contribution in [1.29, 1.82) is 0 Å². The van der Waals surface area contributed by atoms with Crippen LogP contribution in [0.3, 0.4) is 0 Å². The third-order valence-electron chi connectivity index (χ3n) is 6.41. The van der Waals surface area contributed by atoms with Gasteiger partial charge in [0.15, 0.2) is 0 Å². The molecule has 0 amide bonds. The Morgan fingerprint density at radius 1 is 1.08 bits per heavy atom. The molecule has 4 aromatic rings. The molecule has 2 aromatic carbocycles. The topological polar surface area (TPSA) is 121 Å². The van der Waals surface area contributed by atoms with Crippen LogP contribution in [-0.2, 0) is 16.1 Å². The van der Waals surface area contributed by atoms with Gasteiger partial charge in [-0.1, -0.05) is 29.8 Å². The minimum absolute atomic E-state index is 0.0934. The summed E-state index contributed by atoms with van der Waals surface area (Å²) < 4.78 is 13.4. The lowest BCUT2D eigenvalue weighted by atomic mass is 9.80. The largest absolute Gasteiger partial charge is 0.466 e. The number of nitrogens with zero attached hydrogens (tertiary/aromatic N) is 4. The van der Waals surface area contributed by atoms with Crippen LogP contribution in [0.2, 0.25) is 5.02 Å². The number of hydrogen-bond donors (Lipinski definition) is 1. The van der Waals surface area contributed by atoms with Crippen LogP contribution in [0.4, 0.5) is 5.69 Å². The quantitative estimate of drug-likeness (QED) is 0.333. The van der Waals surface area contributed by atoms with E-state index in [1.54, 1.807) is 73.8 Å². The van der Waals surface area contributed by atoms with Crippen molar-refractivity contribution in [2.24, 2.45) is 10.9 Å². The molecule has 1 aliphatic carbocycles. The maximum Gasteiger partial charge on any atom is 0.335 e. The summed E-state index contributed by atoms with van der Waals surface area (Å²) in [6.07, 6.45) is 2.35. The highest BCUT2D eigenvalue weighted by Gasteiger charge is 2.38. The standard InChI is InChI=1S/C28H26ClN5O5/c1-2-38-25(35)19-15-22(16-19)34-27(36)32-26(33(28(34)37)17-18-6-8-20(29)9-7-18)31-21-10-12-23(13-11-21)39-24-5-3-4-14-30-24/h3-14,19,22H,2,15-17H2,1H3,(H,31,32,36)/t19-,22+. The van der Waals surface area contributed by atoms with E-state index < -0.39 is 17.4 Å². The van der Waals surface area contributed by atoms with Crippen LogP contribution in [0.25, 0.3) is 0 Å². The first-order valence-corrected chi connectivity index (χ1v) is 12.9. The number of carbonyl (C=O) groups excluding carboxylic acids is 1. The van der Waals surface area contributed by atoms with Gasteiger partial charge in [-0.3, -0.25) is 14.3 Å². The van der Waals surface area contributed by atoms with E-state index >= 15 is 0 Å². The summed E-state index contributed by atoms with van der Waals surface area (Å²) in [5.74, 6) is 0.375. The lowest BCUT2D eigenvalue weighted by Crippen LogP contribution is -2.53. The maximum atomic E-state index is 13.6. The highest BCUT2D eigenvalue weighted by molar-refractivity contribution is 6.30. The van der Waals surface area contributed by atoms with Crippen LogP contribution < -0.4 is 21.7 Å². The van der Waals surface area contributed by atoms with Crippen molar-refractivity contribution in [1.82, 2.24) is 19.1 Å². The van der Waals surface area contributed by atoms with Crippen molar-refractivity contribution in [3.63, 3.8) is 0 Å². The number of halogens is 1. The number of pyridine rings is 1. The van der Waals surface area contributed by atoms with Gasteiger partial charge in [0.1, 0.15) is 5.75 Å². The molecule has 39 heavy (non-hydrogen) atoms. The number of aromatic amines is 1. The predicted molar refractivity (Wildman–Crippen MR) is 144 cm³/mol. The Morgan fingerprint density at radius 2 is 1.82 bits per heavy atom. The van der Waals surface area contributed by atoms with Crippen LogP contribution in [0.1, 0.15) is 31.4 Å². The lowest BCUT2D eigenvalue weighted by molar-refractivity contribution is -0.152. The van der Waals surface area contributed by atoms with Gasteiger partial charge >= 0.3 is 17.3 Å². The van der Waals surface area contributed by atoms with Crippen LogP contribution in [0, 0.1) is 5.92 Å². The minimum Gasteiger partial charge on any atom is -0.466 e. The highest BCUT2D eigenvalue weighted by atomic mass is 35.5. The molecular weight excluding hydrogens is 522 g/mol. The first-order valence-electron chi connectivity index (χ1n) is 12.5. The van der Waals surface area contributed by atoms with E-state index in [0.29, 0.717) is 35.2 Å². The van der Waals surface area contributed by atoms with Gasteiger partial charge in [0, 0.05) is 23.3 Å². The lowest BCUT2D eigenvalue weighted by Gasteiger charge is -2.34. The average molecular weight is 548 g/mol. The van der Waals surface area contributed by atoms with Crippen molar-refractivity contribution < 1.29 is 14.3 Å². The molecule has 0 saturated heterocycles. The number of ether oxygens (including phenoxy) is 2. The van der Waals surface area contributed by atoms with Crippen LogP contribution >= 0.6 is 11.6 Å². The van der Waals surface area contributed by atoms with Gasteiger partial charge in [-0.2, -0.15) is 0 Å². The summed E-state index contributed by atoms with van der Waals surface area (Å²) in [5, 5.41) is 0.569. The molecule has 0 bridgehead atoms. The molecule has 0 aliphatic heterocycles. The number of hydrogen-bond acceptors (Lipinski definition) is 7. The van der Waals surface area contributed by atoms with Crippen LogP contribution in [0.5, 0.6) is 11.6 Å². The normalized spacial score (nSPS) is 16.9. The summed E-state index contributed by atoms with van der Waals surface area (Å²) in [4.78, 5) is 50.2. The molecule has 1 aliphatic rings. The number of benzene rings is 2. The Kier molecular flexibility index (Phi) is 7.74. The van der Waals surface area contributed by atoms with Gasteiger partial charge in [0.2, 0.25) is 11.5 Å². The van der Waals surface area contributed by atoms with Gasteiger partial charge in [0.25, 0.3) is 0 Å². The molecule has 1 fully saturated rings. The third kappa shape index (κ3) is 6.01. The SMILES string of the molecule is CCOC(=O)[C@H]1C[C@@H](n2c(=O)[nH]/c(=N\c3ccc(Oc4ccccn4)cc3)n(Cc3ccc(Cl)cc3)c2=O)C1. The molecule has 11 heteroatoms. The van der Waals surface area contributed by atoms with Gasteiger partial charge in [-0.15, -0.1) is 0 Å². The van der Waals surface area contributed by atoms with Gasteiger partial charge in [-0.25, -0.2) is 24.1 Å². The molecular formula is C28H26ClN5O5. The zero-order valence-electron chi connectivity index (χ0n) is 21.1. The fourth-order valence-corrected chi connectivity index (χ4v) is 4.47. The number of carbonyl (C=O) groups is 1. The predicted octanol–water partition coefficient (Wildman–Crippen LogP) is 3.97. The Hall–Kier alpha value is -4.44. The van der Waals surface area contributed by atoms with E-state index in [0.717, 1.165) is 10.1 Å². The monoisotopic (exact) mass is 547 g/mol. The van der Waals surface area contributed by atoms with Gasteiger partial charge in [0.05, 0.1) is 24.8 Å². The molecule has 10 nitrogen and oxygen atoms in total. The van der Waals surface area contributed by atoms with E-state index in [1.807, 2.05) is 6.07 Å². The molecule has 1 saturated carbocycles. The molecule has 0 spiro atoms. The second-order valence-electron chi connectivity index (χ2n) is 9.07. The molecule has 1 N–H and O–H groups in total. The van der Waals surface area contributed by atoms with E-state index in [2.05, 4.69) is 15.0 Å². The first kappa shape index (κ1) is 26.2. The molecule has 2 aromatic heterocycles. The molecule has 200 valence electrons. The van der Waals surface area contributed by atoms with E-state index in [-0.39, 0.29) is 30.7 Å². The van der Waals surface area contributed by atoms with Crippen molar-refractivity contribution in [2.45, 2.75) is 32.4 Å². The summed E-state index contributed by atoms with van der Waals surface area (Å²) in [5.41, 5.74) is 0.292. The van der Waals surface area contributed by atoms with Crippen LogP contribution in [0.15, 0.2) is 87.5 Å². The van der Waals surface area contributed by atoms with Gasteiger partial charge in [-0.05, 0) is 67.8 Å². The average Bonchev–Trinajstić information content (AvgIpc) is 2.90. The third-order valence-corrected chi connectivity index (χ3v) is 6.67. The van der Waals surface area contributed by atoms with Crippen LogP contribution in [-0.4, -0.2) is 31.7 Å². The zero-order valence-corrected chi connectivity index (χ0v) is 21.9. The number of H-pyrrole nitrogens is 1.